The molecule has 5 heteroatoms. The molecular weight excluding hydrogens is 278 g/mol. The third kappa shape index (κ3) is 3.74. The number of hydrogen-bond donors (Lipinski definition) is 1. The fourth-order valence-corrected chi connectivity index (χ4v) is 2.28. The van der Waals surface area contributed by atoms with Crippen molar-refractivity contribution in [3.63, 3.8) is 0 Å². The summed E-state index contributed by atoms with van der Waals surface area (Å²) >= 11 is 0. The van der Waals surface area contributed by atoms with Crippen molar-refractivity contribution in [3.05, 3.63) is 46.2 Å². The summed E-state index contributed by atoms with van der Waals surface area (Å²) in [7, 11) is 3.30. The van der Waals surface area contributed by atoms with Gasteiger partial charge < -0.3 is 10.1 Å². The van der Waals surface area contributed by atoms with Crippen molar-refractivity contribution in [3.8, 4) is 17.0 Å². The van der Waals surface area contributed by atoms with Gasteiger partial charge in [-0.05, 0) is 30.7 Å². The zero-order valence-corrected chi connectivity index (χ0v) is 13.6. The van der Waals surface area contributed by atoms with Crippen LogP contribution < -0.4 is 15.6 Å². The summed E-state index contributed by atoms with van der Waals surface area (Å²) in [6, 6.07) is 9.51. The number of aryl methyl sites for hydroxylation is 1. The molecule has 0 spiro atoms. The van der Waals surface area contributed by atoms with E-state index in [-0.39, 0.29) is 5.56 Å². The minimum atomic E-state index is -0.0742. The highest BCUT2D eigenvalue weighted by molar-refractivity contribution is 5.67. The number of hydrogen-bond acceptors (Lipinski definition) is 4. The Hall–Kier alpha value is -2.14. The maximum Gasteiger partial charge on any atom is 0.271 e. The van der Waals surface area contributed by atoms with E-state index in [4.69, 9.17) is 4.74 Å². The summed E-state index contributed by atoms with van der Waals surface area (Å²) < 4.78 is 6.76. The Morgan fingerprint density at radius 1 is 1.32 bits per heavy atom. The Balaban J connectivity index is 2.37. The standard InChI is InChI=1S/C17H23N3O2/c1-12(2)10-18-11-13-9-15(19-20(3)17(13)21)14-7-5-6-8-16(14)22-4/h5-9,12,18H,10-11H2,1-4H3. The monoisotopic (exact) mass is 301 g/mol. The third-order valence-electron chi connectivity index (χ3n) is 3.39. The molecular formula is C17H23N3O2. The third-order valence-corrected chi connectivity index (χ3v) is 3.39. The van der Waals surface area contributed by atoms with Crippen LogP contribution in [0.1, 0.15) is 19.4 Å². The molecule has 0 aliphatic rings. The Labute approximate surface area is 130 Å². The van der Waals surface area contributed by atoms with Gasteiger partial charge in [-0.25, -0.2) is 4.68 Å². The lowest BCUT2D eigenvalue weighted by molar-refractivity contribution is 0.416. The van der Waals surface area contributed by atoms with Gasteiger partial charge in [0.1, 0.15) is 5.75 Å². The average Bonchev–Trinajstić information content (AvgIpc) is 2.51. The molecule has 0 saturated carbocycles. The Kier molecular flexibility index (Phi) is 5.33. The SMILES string of the molecule is COc1ccccc1-c1cc(CNCC(C)C)c(=O)n(C)n1. The second-order valence-corrected chi connectivity index (χ2v) is 5.71. The molecule has 22 heavy (non-hydrogen) atoms. The molecule has 0 fully saturated rings. The van der Waals surface area contributed by atoms with E-state index >= 15 is 0 Å². The van der Waals surface area contributed by atoms with Gasteiger partial charge in [-0.2, -0.15) is 5.10 Å². The van der Waals surface area contributed by atoms with Crippen molar-refractivity contribution in [1.82, 2.24) is 15.1 Å². The molecule has 0 bridgehead atoms. The van der Waals surface area contributed by atoms with Gasteiger partial charge in [0.15, 0.2) is 0 Å². The smallest absolute Gasteiger partial charge is 0.271 e. The summed E-state index contributed by atoms with van der Waals surface area (Å²) in [5.41, 5.74) is 2.25. The maximum atomic E-state index is 12.2. The van der Waals surface area contributed by atoms with Crippen molar-refractivity contribution < 1.29 is 4.74 Å². The van der Waals surface area contributed by atoms with E-state index in [1.54, 1.807) is 14.2 Å². The quantitative estimate of drug-likeness (QED) is 0.888. The first-order valence-corrected chi connectivity index (χ1v) is 7.44. The molecule has 0 aliphatic heterocycles. The topological polar surface area (TPSA) is 56.1 Å². The van der Waals surface area contributed by atoms with Crippen molar-refractivity contribution in [1.29, 1.82) is 0 Å². The van der Waals surface area contributed by atoms with Crippen LogP contribution in [-0.4, -0.2) is 23.4 Å². The van der Waals surface area contributed by atoms with Crippen molar-refractivity contribution in [2.24, 2.45) is 13.0 Å². The molecule has 0 aliphatic carbocycles. The number of rotatable bonds is 6. The van der Waals surface area contributed by atoms with Crippen molar-refractivity contribution in [2.75, 3.05) is 13.7 Å². The Morgan fingerprint density at radius 2 is 2.05 bits per heavy atom. The van der Waals surface area contributed by atoms with Crippen LogP contribution in [0.5, 0.6) is 5.75 Å². The minimum Gasteiger partial charge on any atom is -0.496 e. The van der Waals surface area contributed by atoms with Gasteiger partial charge >= 0.3 is 0 Å². The zero-order chi connectivity index (χ0) is 16.1. The molecule has 0 saturated heterocycles. The molecule has 0 unspecified atom stereocenters. The van der Waals surface area contributed by atoms with Crippen molar-refractivity contribution in [2.45, 2.75) is 20.4 Å². The lowest BCUT2D eigenvalue weighted by atomic mass is 10.1. The maximum absolute atomic E-state index is 12.2. The van der Waals surface area contributed by atoms with Gasteiger partial charge in [-0.1, -0.05) is 26.0 Å². The highest BCUT2D eigenvalue weighted by Crippen LogP contribution is 2.27. The predicted molar refractivity (Wildman–Crippen MR) is 88.0 cm³/mol. The summed E-state index contributed by atoms with van der Waals surface area (Å²) in [4.78, 5) is 12.2. The summed E-state index contributed by atoms with van der Waals surface area (Å²) in [6.07, 6.45) is 0. The van der Waals surface area contributed by atoms with E-state index in [2.05, 4.69) is 24.3 Å². The summed E-state index contributed by atoms with van der Waals surface area (Å²) in [6.45, 7) is 5.68. The number of benzene rings is 1. The molecule has 2 aromatic rings. The Bertz CT molecular complexity index is 693. The van der Waals surface area contributed by atoms with E-state index in [9.17, 15) is 4.79 Å². The van der Waals surface area contributed by atoms with Crippen LogP contribution >= 0.6 is 0 Å². The number of para-hydroxylation sites is 1. The largest absolute Gasteiger partial charge is 0.496 e. The van der Waals surface area contributed by atoms with Crippen LogP contribution in [0.25, 0.3) is 11.3 Å². The second-order valence-electron chi connectivity index (χ2n) is 5.71. The molecule has 5 nitrogen and oxygen atoms in total. The number of aromatic nitrogens is 2. The molecule has 118 valence electrons. The molecule has 1 heterocycles. The van der Waals surface area contributed by atoms with E-state index in [0.717, 1.165) is 23.6 Å². The van der Waals surface area contributed by atoms with Gasteiger partial charge in [0.05, 0.1) is 12.8 Å². The number of methoxy groups -OCH3 is 1. The van der Waals surface area contributed by atoms with Gasteiger partial charge in [-0.15, -0.1) is 0 Å². The van der Waals surface area contributed by atoms with Gasteiger partial charge in [0, 0.05) is 24.7 Å². The fourth-order valence-electron chi connectivity index (χ4n) is 2.28. The van der Waals surface area contributed by atoms with Crippen LogP contribution in [0.3, 0.4) is 0 Å². The molecule has 1 N–H and O–H groups in total. The molecule has 0 amide bonds. The first kappa shape index (κ1) is 16.2. The molecule has 0 atom stereocenters. The average molecular weight is 301 g/mol. The van der Waals surface area contributed by atoms with Crippen LogP contribution in [-0.2, 0) is 13.6 Å². The zero-order valence-electron chi connectivity index (χ0n) is 13.6. The molecule has 1 aromatic heterocycles. The highest BCUT2D eigenvalue weighted by atomic mass is 16.5. The minimum absolute atomic E-state index is 0.0742. The van der Waals surface area contributed by atoms with E-state index in [0.29, 0.717) is 18.0 Å². The number of ether oxygens (including phenoxy) is 1. The van der Waals surface area contributed by atoms with E-state index < -0.39 is 0 Å². The Morgan fingerprint density at radius 3 is 2.73 bits per heavy atom. The van der Waals surface area contributed by atoms with Crippen LogP contribution in [0, 0.1) is 5.92 Å². The van der Waals surface area contributed by atoms with Gasteiger partial charge in [0.2, 0.25) is 0 Å². The highest BCUT2D eigenvalue weighted by Gasteiger charge is 2.11. The summed E-state index contributed by atoms with van der Waals surface area (Å²) in [5.74, 6) is 1.29. The fraction of sp³-hybridized carbons (Fsp3) is 0.412. The van der Waals surface area contributed by atoms with Crippen LogP contribution in [0.15, 0.2) is 35.1 Å². The number of nitrogens with one attached hydrogen (secondary N) is 1. The van der Waals surface area contributed by atoms with Crippen molar-refractivity contribution >= 4 is 0 Å². The van der Waals surface area contributed by atoms with Crippen LogP contribution in [0.2, 0.25) is 0 Å². The first-order chi connectivity index (χ1) is 10.5. The van der Waals surface area contributed by atoms with E-state index in [1.807, 2.05) is 30.3 Å². The molecule has 2 rings (SSSR count). The second kappa shape index (κ2) is 7.22. The lowest BCUT2D eigenvalue weighted by Gasteiger charge is -2.12. The van der Waals surface area contributed by atoms with Crippen LogP contribution in [0.4, 0.5) is 0 Å². The first-order valence-electron chi connectivity index (χ1n) is 7.44. The van der Waals surface area contributed by atoms with Gasteiger partial charge in [0.25, 0.3) is 5.56 Å². The molecule has 1 aromatic carbocycles. The summed E-state index contributed by atoms with van der Waals surface area (Å²) in [5, 5.41) is 7.66. The predicted octanol–water partition coefficient (Wildman–Crippen LogP) is 2.20. The normalized spacial score (nSPS) is 11.0. The number of nitrogens with zero attached hydrogens (tertiary/aromatic N) is 2. The van der Waals surface area contributed by atoms with Gasteiger partial charge in [-0.3, -0.25) is 4.79 Å². The van der Waals surface area contributed by atoms with E-state index in [1.165, 1.54) is 4.68 Å². The lowest BCUT2D eigenvalue weighted by Crippen LogP contribution is -2.29. The molecule has 0 radical (unpaired) electrons.